The highest BCUT2D eigenvalue weighted by Gasteiger charge is 1.86. The van der Waals surface area contributed by atoms with E-state index in [1.54, 1.807) is 7.11 Å². The predicted octanol–water partition coefficient (Wildman–Crippen LogP) is -0.267. The van der Waals surface area contributed by atoms with Gasteiger partial charge in [-0.3, -0.25) is 0 Å². The van der Waals surface area contributed by atoms with Gasteiger partial charge < -0.3 is 14.2 Å². The Hall–Kier alpha value is -0.610. The van der Waals surface area contributed by atoms with E-state index in [0.29, 0.717) is 19.8 Å². The molecule has 0 spiro atoms. The van der Waals surface area contributed by atoms with Gasteiger partial charge >= 0.3 is 6.47 Å². The van der Waals surface area contributed by atoms with Crippen molar-refractivity contribution in [1.29, 1.82) is 0 Å². The molecule has 4 heteroatoms. The smallest absolute Gasteiger partial charge is 0.417 e. The molecule has 0 saturated heterocycles. The van der Waals surface area contributed by atoms with Crippen LogP contribution in [0.2, 0.25) is 0 Å². The van der Waals surface area contributed by atoms with E-state index in [1.807, 2.05) is 0 Å². The minimum Gasteiger partial charge on any atom is -0.455 e. The summed E-state index contributed by atoms with van der Waals surface area (Å²) in [6.45, 7) is 3.04. The normalized spacial score (nSPS) is 9.30. The Balaban J connectivity index is 2.70. The maximum atomic E-state index is 9.47. The molecule has 0 aliphatic rings. The van der Waals surface area contributed by atoms with Crippen molar-refractivity contribution in [3.8, 4) is 0 Å². The average molecular weight is 147 g/mol. The number of ether oxygens (including phenoxy) is 3. The zero-order chi connectivity index (χ0) is 7.66. The summed E-state index contributed by atoms with van der Waals surface area (Å²) in [5, 5.41) is 0. The lowest BCUT2D eigenvalue weighted by Gasteiger charge is -2.00. The van der Waals surface area contributed by atoms with Crippen LogP contribution in [0, 0.1) is 0 Å². The maximum Gasteiger partial charge on any atom is 0.417 e. The fourth-order valence-electron chi connectivity index (χ4n) is 0.387. The first kappa shape index (κ1) is 9.39. The van der Waals surface area contributed by atoms with Crippen molar-refractivity contribution in [3.63, 3.8) is 0 Å². The molecule has 0 rings (SSSR count). The van der Waals surface area contributed by atoms with Gasteiger partial charge in [0, 0.05) is 7.11 Å². The second-order valence-electron chi connectivity index (χ2n) is 1.54. The summed E-state index contributed by atoms with van der Waals surface area (Å²) in [4.78, 5) is 9.47. The van der Waals surface area contributed by atoms with E-state index in [2.05, 4.69) is 4.74 Å². The van der Waals surface area contributed by atoms with Gasteiger partial charge in [-0.15, -0.1) is 0 Å². The molecule has 1 radical (unpaired) electrons. The molecule has 0 heterocycles. The van der Waals surface area contributed by atoms with Gasteiger partial charge in [-0.1, -0.05) is 0 Å². The standard InChI is InChI=1S/C6H11O4/c1-8-2-3-9-4-5-10-6-7/h2-5H2,1H3. The topological polar surface area (TPSA) is 44.8 Å². The highest BCUT2D eigenvalue weighted by atomic mass is 16.6. The Morgan fingerprint density at radius 2 is 1.90 bits per heavy atom. The molecule has 0 fully saturated rings. The Morgan fingerprint density at radius 1 is 1.20 bits per heavy atom. The van der Waals surface area contributed by atoms with Gasteiger partial charge in [0.1, 0.15) is 6.61 Å². The Kier molecular flexibility index (Phi) is 7.88. The van der Waals surface area contributed by atoms with Gasteiger partial charge in [0.15, 0.2) is 0 Å². The van der Waals surface area contributed by atoms with Crippen molar-refractivity contribution in [2.24, 2.45) is 0 Å². The van der Waals surface area contributed by atoms with Crippen LogP contribution in [0.4, 0.5) is 0 Å². The van der Waals surface area contributed by atoms with Crippen LogP contribution in [0.15, 0.2) is 0 Å². The SMILES string of the molecule is COCCOCCO[C]=O. The van der Waals surface area contributed by atoms with Crippen LogP contribution in [-0.2, 0) is 19.0 Å². The lowest BCUT2D eigenvalue weighted by molar-refractivity contribution is 0.0517. The summed E-state index contributed by atoms with van der Waals surface area (Å²) >= 11 is 0. The monoisotopic (exact) mass is 147 g/mol. The highest BCUT2D eigenvalue weighted by Crippen LogP contribution is 1.76. The van der Waals surface area contributed by atoms with Crippen LogP contribution < -0.4 is 0 Å². The molecule has 0 atom stereocenters. The van der Waals surface area contributed by atoms with E-state index in [4.69, 9.17) is 9.47 Å². The van der Waals surface area contributed by atoms with E-state index in [9.17, 15) is 4.79 Å². The second kappa shape index (κ2) is 8.39. The van der Waals surface area contributed by atoms with Gasteiger partial charge in [-0.05, 0) is 0 Å². The van der Waals surface area contributed by atoms with Crippen molar-refractivity contribution in [1.82, 2.24) is 0 Å². The Bertz CT molecular complexity index is 74.1. The summed E-state index contributed by atoms with van der Waals surface area (Å²) in [5.41, 5.74) is 0. The average Bonchev–Trinajstić information content (AvgIpc) is 1.97. The van der Waals surface area contributed by atoms with Crippen molar-refractivity contribution in [3.05, 3.63) is 0 Å². The zero-order valence-corrected chi connectivity index (χ0v) is 5.96. The molecule has 0 N–H and O–H groups in total. The fraction of sp³-hybridized carbons (Fsp3) is 0.833. The number of methoxy groups -OCH3 is 1. The second-order valence-corrected chi connectivity index (χ2v) is 1.54. The first-order chi connectivity index (χ1) is 4.91. The Labute approximate surface area is 60.1 Å². The number of rotatable bonds is 7. The fourth-order valence-corrected chi connectivity index (χ4v) is 0.387. The van der Waals surface area contributed by atoms with Crippen LogP contribution in [0.1, 0.15) is 0 Å². The van der Waals surface area contributed by atoms with Gasteiger partial charge in [0.2, 0.25) is 0 Å². The van der Waals surface area contributed by atoms with Crippen molar-refractivity contribution < 1.29 is 19.0 Å². The molecular formula is C6H11O4. The summed E-state index contributed by atoms with van der Waals surface area (Å²) in [5.74, 6) is 0. The van der Waals surface area contributed by atoms with E-state index in [0.717, 1.165) is 0 Å². The molecule has 0 saturated carbocycles. The van der Waals surface area contributed by atoms with Crippen molar-refractivity contribution in [2.75, 3.05) is 33.5 Å². The summed E-state index contributed by atoms with van der Waals surface area (Å²) in [6, 6.07) is 0. The summed E-state index contributed by atoms with van der Waals surface area (Å²) < 4.78 is 13.9. The molecule has 59 valence electrons. The predicted molar refractivity (Wildman–Crippen MR) is 34.3 cm³/mol. The quantitative estimate of drug-likeness (QED) is 0.465. The molecular weight excluding hydrogens is 136 g/mol. The first-order valence-corrected chi connectivity index (χ1v) is 2.97. The third-order valence-electron chi connectivity index (χ3n) is 0.820. The highest BCUT2D eigenvalue weighted by molar-refractivity contribution is 5.37. The van der Waals surface area contributed by atoms with Crippen LogP contribution in [0.3, 0.4) is 0 Å². The van der Waals surface area contributed by atoms with Crippen LogP contribution in [0.25, 0.3) is 0 Å². The van der Waals surface area contributed by atoms with E-state index in [-0.39, 0.29) is 6.61 Å². The molecule has 0 aromatic carbocycles. The molecule has 4 nitrogen and oxygen atoms in total. The number of hydrogen-bond acceptors (Lipinski definition) is 4. The van der Waals surface area contributed by atoms with Gasteiger partial charge in [-0.25, -0.2) is 4.79 Å². The number of carbonyl (C=O) groups excluding carboxylic acids is 1. The van der Waals surface area contributed by atoms with E-state index < -0.39 is 0 Å². The Morgan fingerprint density at radius 3 is 2.50 bits per heavy atom. The van der Waals surface area contributed by atoms with Gasteiger partial charge in [-0.2, -0.15) is 0 Å². The minimum absolute atomic E-state index is 0.257. The minimum atomic E-state index is 0.257. The van der Waals surface area contributed by atoms with Gasteiger partial charge in [0.25, 0.3) is 0 Å². The van der Waals surface area contributed by atoms with Crippen LogP contribution in [0.5, 0.6) is 0 Å². The van der Waals surface area contributed by atoms with Crippen LogP contribution in [-0.4, -0.2) is 40.0 Å². The summed E-state index contributed by atoms with van der Waals surface area (Å²) in [7, 11) is 1.60. The van der Waals surface area contributed by atoms with Crippen molar-refractivity contribution >= 4 is 6.47 Å². The molecule has 0 amide bonds. The van der Waals surface area contributed by atoms with Crippen molar-refractivity contribution in [2.45, 2.75) is 0 Å². The lowest BCUT2D eigenvalue weighted by atomic mass is 10.7. The molecule has 0 aromatic heterocycles. The molecule has 0 aliphatic carbocycles. The third-order valence-corrected chi connectivity index (χ3v) is 0.820. The summed E-state index contributed by atoms with van der Waals surface area (Å²) in [6.07, 6.45) is 0. The maximum absolute atomic E-state index is 9.47. The molecule has 0 unspecified atom stereocenters. The van der Waals surface area contributed by atoms with Gasteiger partial charge in [0.05, 0.1) is 19.8 Å². The molecule has 0 bridgehead atoms. The largest absolute Gasteiger partial charge is 0.455 e. The molecule has 10 heavy (non-hydrogen) atoms. The van der Waals surface area contributed by atoms with Crippen LogP contribution >= 0.6 is 0 Å². The first-order valence-electron chi connectivity index (χ1n) is 2.97. The lowest BCUT2D eigenvalue weighted by Crippen LogP contribution is -2.07. The third kappa shape index (κ3) is 7.39. The number of hydrogen-bond donors (Lipinski definition) is 0. The zero-order valence-electron chi connectivity index (χ0n) is 5.96. The molecule has 0 aromatic rings. The molecule has 0 aliphatic heterocycles. The van der Waals surface area contributed by atoms with E-state index >= 15 is 0 Å². The van der Waals surface area contributed by atoms with E-state index in [1.165, 1.54) is 6.47 Å².